The van der Waals surface area contributed by atoms with Crippen LogP contribution in [0.4, 0.5) is 0 Å². The highest BCUT2D eigenvalue weighted by atomic mass is 15.0. The maximum Gasteiger partial charge on any atom is 0.0541 e. The third kappa shape index (κ3) is 5.79. The lowest BCUT2D eigenvalue weighted by atomic mass is 9.83. The summed E-state index contributed by atoms with van der Waals surface area (Å²) in [6.45, 7) is 0. The maximum atomic E-state index is 2.44. The van der Waals surface area contributed by atoms with Crippen molar-refractivity contribution >= 4 is 21.8 Å². The highest BCUT2D eigenvalue weighted by molar-refractivity contribution is 6.09. The minimum atomic E-state index is 0.0440. The first kappa shape index (κ1) is 33.1. The van der Waals surface area contributed by atoms with E-state index >= 15 is 0 Å². The van der Waals surface area contributed by atoms with Crippen molar-refractivity contribution in [2.75, 3.05) is 0 Å². The summed E-state index contributed by atoms with van der Waals surface area (Å²) in [5, 5.41) is 2.53. The smallest absolute Gasteiger partial charge is 0.0541 e. The summed E-state index contributed by atoms with van der Waals surface area (Å²) in [4.78, 5) is 0. The van der Waals surface area contributed by atoms with Crippen molar-refractivity contribution in [2.24, 2.45) is 0 Å². The highest BCUT2D eigenvalue weighted by Gasteiger charge is 2.23. The van der Waals surface area contributed by atoms with Crippen molar-refractivity contribution in [3.63, 3.8) is 0 Å². The number of hydrogen-bond acceptors (Lipinski definition) is 0. The summed E-state index contributed by atoms with van der Waals surface area (Å²) >= 11 is 0. The van der Waals surface area contributed by atoms with Gasteiger partial charge in [0.2, 0.25) is 0 Å². The van der Waals surface area contributed by atoms with Crippen molar-refractivity contribution in [3.05, 3.63) is 246 Å². The van der Waals surface area contributed by atoms with Crippen LogP contribution in [0.25, 0.3) is 72.0 Å². The van der Waals surface area contributed by atoms with Crippen LogP contribution in [0.2, 0.25) is 0 Å². The second-order valence-corrected chi connectivity index (χ2v) is 15.3. The standard InChI is InChI=1S/C56H39N/c1-3-12-38(13-4-1)39-22-24-40(25-23-39)41-26-30-43(31-27-41)56(44-32-28-42(29-33-44)48-19-11-20-50-49-17-8-7-14-45(49)36-52(48)50)46-34-35-55-53(37-46)51-18-9-10-21-54(51)57(55)47-15-5-2-6-16-47/h1-35,37,56H,36H2. The van der Waals surface area contributed by atoms with Crippen LogP contribution in [0.5, 0.6) is 0 Å². The van der Waals surface area contributed by atoms with Gasteiger partial charge >= 0.3 is 0 Å². The number of para-hydroxylation sites is 2. The molecule has 268 valence electrons. The van der Waals surface area contributed by atoms with E-state index in [0.717, 1.165) is 6.42 Å². The Morgan fingerprint density at radius 2 is 0.842 bits per heavy atom. The molecule has 1 heteroatoms. The van der Waals surface area contributed by atoms with Crippen molar-refractivity contribution in [1.82, 2.24) is 4.57 Å². The Morgan fingerprint density at radius 3 is 1.56 bits per heavy atom. The predicted octanol–water partition coefficient (Wildman–Crippen LogP) is 14.5. The summed E-state index contributed by atoms with van der Waals surface area (Å²) in [5.74, 6) is 0.0440. The summed E-state index contributed by atoms with van der Waals surface area (Å²) in [5.41, 5.74) is 20.5. The molecule has 1 aliphatic rings. The molecule has 0 radical (unpaired) electrons. The molecule has 0 fully saturated rings. The fourth-order valence-electron chi connectivity index (χ4n) is 9.24. The van der Waals surface area contributed by atoms with E-state index in [-0.39, 0.29) is 5.92 Å². The van der Waals surface area contributed by atoms with E-state index in [9.17, 15) is 0 Å². The Bertz CT molecular complexity index is 3040. The molecule has 0 N–H and O–H groups in total. The van der Waals surface area contributed by atoms with Gasteiger partial charge in [-0.1, -0.05) is 188 Å². The van der Waals surface area contributed by atoms with Crippen LogP contribution in [-0.4, -0.2) is 4.57 Å². The van der Waals surface area contributed by atoms with E-state index in [1.807, 2.05) is 0 Å². The van der Waals surface area contributed by atoms with Gasteiger partial charge in [0.05, 0.1) is 11.0 Å². The third-order valence-corrected chi connectivity index (χ3v) is 12.0. The number of hydrogen-bond donors (Lipinski definition) is 0. The molecule has 0 spiro atoms. The third-order valence-electron chi connectivity index (χ3n) is 12.0. The first-order chi connectivity index (χ1) is 28.3. The Balaban J connectivity index is 1.01. The Kier molecular flexibility index (Phi) is 8.03. The minimum absolute atomic E-state index is 0.0440. The van der Waals surface area contributed by atoms with Gasteiger partial charge in [0, 0.05) is 22.4 Å². The minimum Gasteiger partial charge on any atom is -0.309 e. The van der Waals surface area contributed by atoms with E-state index in [1.165, 1.54) is 99.8 Å². The average Bonchev–Trinajstić information content (AvgIpc) is 3.84. The van der Waals surface area contributed by atoms with Crippen molar-refractivity contribution in [1.29, 1.82) is 0 Å². The van der Waals surface area contributed by atoms with Crippen molar-refractivity contribution in [2.45, 2.75) is 12.3 Å². The molecule has 57 heavy (non-hydrogen) atoms. The predicted molar refractivity (Wildman–Crippen MR) is 239 cm³/mol. The lowest BCUT2D eigenvalue weighted by Gasteiger charge is -2.21. The van der Waals surface area contributed by atoms with Gasteiger partial charge in [0.15, 0.2) is 0 Å². The van der Waals surface area contributed by atoms with Crippen molar-refractivity contribution in [3.8, 4) is 50.2 Å². The summed E-state index contributed by atoms with van der Waals surface area (Å²) in [7, 11) is 0. The van der Waals surface area contributed by atoms with Crippen LogP contribution in [0, 0.1) is 0 Å². The zero-order valence-electron chi connectivity index (χ0n) is 31.5. The molecule has 0 saturated heterocycles. The molecule has 0 aliphatic heterocycles. The molecular weight excluding hydrogens is 687 g/mol. The number of aromatic nitrogens is 1. The fourth-order valence-corrected chi connectivity index (χ4v) is 9.24. The van der Waals surface area contributed by atoms with Gasteiger partial charge < -0.3 is 4.57 Å². The fraction of sp³-hybridized carbons (Fsp3) is 0.0357. The van der Waals surface area contributed by atoms with Gasteiger partial charge in [-0.3, -0.25) is 0 Å². The molecule has 1 unspecified atom stereocenters. The van der Waals surface area contributed by atoms with Crippen LogP contribution >= 0.6 is 0 Å². The van der Waals surface area contributed by atoms with Crippen LogP contribution in [0.15, 0.2) is 218 Å². The molecular formula is C56H39N. The monoisotopic (exact) mass is 725 g/mol. The van der Waals surface area contributed by atoms with Gasteiger partial charge in [0.25, 0.3) is 0 Å². The molecule has 0 saturated carbocycles. The molecule has 9 aromatic carbocycles. The molecule has 1 atom stereocenters. The second kappa shape index (κ2) is 13.8. The molecule has 1 nitrogen and oxygen atoms in total. The number of benzene rings is 9. The molecule has 10 aromatic rings. The highest BCUT2D eigenvalue weighted by Crippen LogP contribution is 2.43. The zero-order valence-corrected chi connectivity index (χ0v) is 31.5. The number of nitrogens with zero attached hydrogens (tertiary/aromatic N) is 1. The van der Waals surface area contributed by atoms with E-state index in [0.29, 0.717) is 0 Å². The quantitative estimate of drug-likeness (QED) is 0.144. The Hall–Kier alpha value is -7.22. The molecule has 11 rings (SSSR count). The van der Waals surface area contributed by atoms with E-state index in [2.05, 4.69) is 223 Å². The van der Waals surface area contributed by atoms with Crippen LogP contribution in [-0.2, 0) is 6.42 Å². The molecule has 1 aromatic heterocycles. The summed E-state index contributed by atoms with van der Waals surface area (Å²) in [6.07, 6.45) is 0.976. The first-order valence-electron chi connectivity index (χ1n) is 19.9. The zero-order chi connectivity index (χ0) is 37.7. The normalized spacial score (nSPS) is 12.4. The van der Waals surface area contributed by atoms with E-state index < -0.39 is 0 Å². The number of fused-ring (bicyclic) bond motifs is 6. The maximum absolute atomic E-state index is 2.44. The van der Waals surface area contributed by atoms with Crippen LogP contribution in [0.3, 0.4) is 0 Å². The van der Waals surface area contributed by atoms with Crippen LogP contribution in [0.1, 0.15) is 33.7 Å². The Morgan fingerprint density at radius 1 is 0.333 bits per heavy atom. The molecule has 1 heterocycles. The van der Waals surface area contributed by atoms with Gasteiger partial charge in [-0.2, -0.15) is 0 Å². The van der Waals surface area contributed by atoms with Gasteiger partial charge in [-0.15, -0.1) is 0 Å². The number of rotatable bonds is 7. The van der Waals surface area contributed by atoms with E-state index in [4.69, 9.17) is 0 Å². The lowest BCUT2D eigenvalue weighted by Crippen LogP contribution is -2.04. The van der Waals surface area contributed by atoms with Gasteiger partial charge in [0.1, 0.15) is 0 Å². The molecule has 0 amide bonds. The largest absolute Gasteiger partial charge is 0.309 e. The topological polar surface area (TPSA) is 4.93 Å². The second-order valence-electron chi connectivity index (χ2n) is 15.3. The van der Waals surface area contributed by atoms with E-state index in [1.54, 1.807) is 0 Å². The molecule has 1 aliphatic carbocycles. The summed E-state index contributed by atoms with van der Waals surface area (Å²) in [6, 6.07) is 80.4. The Labute approximate surface area is 333 Å². The summed E-state index contributed by atoms with van der Waals surface area (Å²) < 4.78 is 2.40. The van der Waals surface area contributed by atoms with Gasteiger partial charge in [-0.05, 0) is 109 Å². The average molecular weight is 726 g/mol. The lowest BCUT2D eigenvalue weighted by molar-refractivity contribution is 0.980. The molecule has 0 bridgehead atoms. The van der Waals surface area contributed by atoms with Crippen LogP contribution < -0.4 is 0 Å². The van der Waals surface area contributed by atoms with Crippen molar-refractivity contribution < 1.29 is 0 Å². The first-order valence-corrected chi connectivity index (χ1v) is 19.9. The SMILES string of the molecule is c1ccc(-c2ccc(-c3ccc(C(c4ccc(-c5cccc6c5Cc5ccccc5-6)cc4)c4ccc5c(c4)c4ccccc4n5-c4ccccc4)cc3)cc2)cc1. The van der Waals surface area contributed by atoms with Gasteiger partial charge in [-0.25, -0.2) is 0 Å².